The molecule has 0 spiro atoms. The van der Waals surface area contributed by atoms with Crippen molar-refractivity contribution in [2.75, 3.05) is 63.5 Å². The normalized spacial score (nSPS) is 21.0. The molecule has 4 heterocycles. The number of carbonyl (C=O) groups is 2. The molecule has 0 radical (unpaired) electrons. The zero-order chi connectivity index (χ0) is 27.6. The Labute approximate surface area is 236 Å². The minimum absolute atomic E-state index is 0.134. The second-order valence-electron chi connectivity index (χ2n) is 11.8. The molecular weight excluding hydrogens is 506 g/mol. The van der Waals surface area contributed by atoms with Gasteiger partial charge in [-0.05, 0) is 43.5 Å². The van der Waals surface area contributed by atoms with E-state index in [-0.39, 0.29) is 24.1 Å². The van der Waals surface area contributed by atoms with Crippen molar-refractivity contribution < 1.29 is 14.3 Å². The molecule has 40 heavy (non-hydrogen) atoms. The average Bonchev–Trinajstić information content (AvgIpc) is 3.52. The number of likely N-dealkylation sites (N-methyl/N-ethyl adjacent to an activating group) is 1. The van der Waals surface area contributed by atoms with Gasteiger partial charge in [0.15, 0.2) is 0 Å². The first-order valence-electron chi connectivity index (χ1n) is 14.9. The highest BCUT2D eigenvalue weighted by Crippen LogP contribution is 2.30. The first kappa shape index (κ1) is 26.8. The number of piperazine rings is 1. The van der Waals surface area contributed by atoms with Gasteiger partial charge < -0.3 is 30.1 Å². The van der Waals surface area contributed by atoms with E-state index in [1.54, 1.807) is 4.90 Å². The Kier molecular flexibility index (Phi) is 7.78. The average molecular weight is 548 g/mol. The lowest BCUT2D eigenvalue weighted by Crippen LogP contribution is -2.45. The van der Waals surface area contributed by atoms with Gasteiger partial charge in [-0.2, -0.15) is 4.98 Å². The third-order valence-corrected chi connectivity index (χ3v) is 9.06. The third-order valence-electron chi connectivity index (χ3n) is 9.06. The summed E-state index contributed by atoms with van der Waals surface area (Å²) in [5.74, 6) is 1.63. The number of piperidine rings is 1. The molecule has 1 aromatic carbocycles. The summed E-state index contributed by atoms with van der Waals surface area (Å²) in [6.45, 7) is 6.29. The van der Waals surface area contributed by atoms with E-state index in [4.69, 9.17) is 10.5 Å². The van der Waals surface area contributed by atoms with Crippen LogP contribution in [0.5, 0.6) is 0 Å². The van der Waals surface area contributed by atoms with Gasteiger partial charge in [-0.3, -0.25) is 4.79 Å². The number of amides is 2. The molecule has 1 saturated carbocycles. The summed E-state index contributed by atoms with van der Waals surface area (Å²) in [5.41, 5.74) is 10.2. The van der Waals surface area contributed by atoms with Gasteiger partial charge in [0.25, 0.3) is 0 Å². The molecule has 10 heteroatoms. The van der Waals surface area contributed by atoms with Crippen LogP contribution < -0.4 is 10.6 Å². The number of nitrogens with two attached hydrogens (primary N) is 1. The van der Waals surface area contributed by atoms with E-state index in [0.29, 0.717) is 44.9 Å². The van der Waals surface area contributed by atoms with Crippen molar-refractivity contribution in [2.45, 2.75) is 57.6 Å². The molecule has 0 unspecified atom stereocenters. The van der Waals surface area contributed by atoms with Gasteiger partial charge in [0, 0.05) is 82.7 Å². The molecule has 214 valence electrons. The van der Waals surface area contributed by atoms with Crippen LogP contribution in [0.3, 0.4) is 0 Å². The number of rotatable bonds is 4. The molecule has 3 fully saturated rings. The number of ether oxygens (including phenoxy) is 1. The van der Waals surface area contributed by atoms with Gasteiger partial charge in [0.05, 0.1) is 5.69 Å². The summed E-state index contributed by atoms with van der Waals surface area (Å²) in [4.78, 5) is 43.2. The molecule has 2 amide bonds. The second kappa shape index (κ2) is 11.6. The van der Waals surface area contributed by atoms with Crippen molar-refractivity contribution in [1.82, 2.24) is 24.7 Å². The largest absolute Gasteiger partial charge is 0.446 e. The number of carbonyl (C=O) groups excluding carboxylic acids is 2. The molecule has 6 rings (SSSR count). The van der Waals surface area contributed by atoms with Gasteiger partial charge in [-0.1, -0.05) is 25.0 Å². The molecule has 0 atom stereocenters. The Hall–Kier alpha value is -3.40. The van der Waals surface area contributed by atoms with Crippen molar-refractivity contribution in [2.24, 2.45) is 5.92 Å². The fourth-order valence-corrected chi connectivity index (χ4v) is 6.51. The monoisotopic (exact) mass is 547 g/mol. The van der Waals surface area contributed by atoms with Crippen LogP contribution in [-0.2, 0) is 22.5 Å². The van der Waals surface area contributed by atoms with Crippen molar-refractivity contribution >= 4 is 23.8 Å². The lowest BCUT2D eigenvalue weighted by molar-refractivity contribution is -0.137. The Balaban J connectivity index is 1.08. The van der Waals surface area contributed by atoms with E-state index >= 15 is 0 Å². The van der Waals surface area contributed by atoms with Gasteiger partial charge in [0.1, 0.15) is 11.9 Å². The maximum Gasteiger partial charge on any atom is 0.410 e. The standard InChI is InChI=1S/C30H41N7O3/c1-34-14-16-35(17-15-34)27-19-26(32-29(31)33-27)23-7-6-21-8-11-37(20-24(21)18-23)30(39)40-25-9-12-36(13-10-25)28(38)22-4-2-3-5-22/h6-7,18-19,22,25H,2-5,8-17,20H2,1H3,(H2,31,32,33). The molecule has 2 N–H and O–H groups in total. The molecular formula is C30H41N7O3. The fourth-order valence-electron chi connectivity index (χ4n) is 6.51. The van der Waals surface area contributed by atoms with Crippen LogP contribution in [0.4, 0.5) is 16.6 Å². The molecule has 2 aromatic rings. The number of nitrogen functional groups attached to an aromatic ring is 1. The summed E-state index contributed by atoms with van der Waals surface area (Å²) >= 11 is 0. The van der Waals surface area contributed by atoms with E-state index < -0.39 is 0 Å². The van der Waals surface area contributed by atoms with Crippen molar-refractivity contribution in [1.29, 1.82) is 0 Å². The first-order valence-corrected chi connectivity index (χ1v) is 14.9. The predicted octanol–water partition coefficient (Wildman–Crippen LogP) is 3.15. The van der Waals surface area contributed by atoms with Crippen LogP contribution in [0.25, 0.3) is 11.3 Å². The molecule has 1 aromatic heterocycles. The summed E-state index contributed by atoms with van der Waals surface area (Å²) in [6, 6.07) is 8.36. The van der Waals surface area contributed by atoms with Crippen molar-refractivity contribution in [3.05, 3.63) is 35.4 Å². The van der Waals surface area contributed by atoms with Crippen LogP contribution in [0.15, 0.2) is 24.3 Å². The fraction of sp³-hybridized carbons (Fsp3) is 0.600. The predicted molar refractivity (Wildman–Crippen MR) is 154 cm³/mol. The molecule has 0 bridgehead atoms. The Morgan fingerprint density at radius 1 is 0.875 bits per heavy atom. The minimum atomic E-state index is -0.264. The number of fused-ring (bicyclic) bond motifs is 1. The van der Waals surface area contributed by atoms with E-state index in [1.165, 1.54) is 5.56 Å². The SMILES string of the molecule is CN1CCN(c2cc(-c3ccc4c(c3)CN(C(=O)OC3CCN(C(=O)C5CCCC5)CC3)CC4)nc(N)n2)CC1. The zero-order valence-corrected chi connectivity index (χ0v) is 23.6. The van der Waals surface area contributed by atoms with E-state index in [9.17, 15) is 9.59 Å². The Bertz CT molecular complexity index is 1230. The van der Waals surface area contributed by atoms with Crippen LogP contribution in [0, 0.1) is 5.92 Å². The number of nitrogens with zero attached hydrogens (tertiary/aromatic N) is 6. The Morgan fingerprint density at radius 2 is 1.62 bits per heavy atom. The van der Waals surface area contributed by atoms with Crippen LogP contribution in [-0.4, -0.2) is 95.6 Å². The van der Waals surface area contributed by atoms with E-state index in [2.05, 4.69) is 45.0 Å². The number of hydrogen-bond donors (Lipinski definition) is 1. The first-order chi connectivity index (χ1) is 19.4. The van der Waals surface area contributed by atoms with E-state index in [1.807, 2.05) is 11.0 Å². The summed E-state index contributed by atoms with van der Waals surface area (Å²) < 4.78 is 5.92. The highest BCUT2D eigenvalue weighted by molar-refractivity contribution is 5.79. The zero-order valence-electron chi connectivity index (χ0n) is 23.6. The molecule has 3 aliphatic heterocycles. The highest BCUT2D eigenvalue weighted by Gasteiger charge is 2.32. The number of aromatic nitrogens is 2. The second-order valence-corrected chi connectivity index (χ2v) is 11.8. The van der Waals surface area contributed by atoms with Gasteiger partial charge in [-0.15, -0.1) is 0 Å². The van der Waals surface area contributed by atoms with E-state index in [0.717, 1.165) is 80.9 Å². The van der Waals surface area contributed by atoms with Crippen molar-refractivity contribution in [3.63, 3.8) is 0 Å². The maximum absolute atomic E-state index is 13.1. The van der Waals surface area contributed by atoms with Crippen molar-refractivity contribution in [3.8, 4) is 11.3 Å². The number of anilines is 2. The van der Waals surface area contributed by atoms with Gasteiger partial charge >= 0.3 is 6.09 Å². The third kappa shape index (κ3) is 5.87. The molecule has 2 saturated heterocycles. The summed E-state index contributed by atoms with van der Waals surface area (Å²) in [5, 5.41) is 0. The topological polar surface area (TPSA) is 108 Å². The Morgan fingerprint density at radius 3 is 2.38 bits per heavy atom. The number of benzene rings is 1. The summed E-state index contributed by atoms with van der Waals surface area (Å²) in [6.07, 6.45) is 6.18. The number of hydrogen-bond acceptors (Lipinski definition) is 8. The molecule has 10 nitrogen and oxygen atoms in total. The van der Waals surface area contributed by atoms with Crippen LogP contribution in [0.2, 0.25) is 0 Å². The summed E-state index contributed by atoms with van der Waals surface area (Å²) in [7, 11) is 2.13. The molecule has 1 aliphatic carbocycles. The van der Waals surface area contributed by atoms with Gasteiger partial charge in [0.2, 0.25) is 11.9 Å². The van der Waals surface area contributed by atoms with Crippen LogP contribution >= 0.6 is 0 Å². The smallest absolute Gasteiger partial charge is 0.410 e. The minimum Gasteiger partial charge on any atom is -0.446 e. The lowest BCUT2D eigenvalue weighted by Gasteiger charge is -2.35. The van der Waals surface area contributed by atoms with Gasteiger partial charge in [-0.25, -0.2) is 9.78 Å². The lowest BCUT2D eigenvalue weighted by atomic mass is 9.96. The maximum atomic E-state index is 13.1. The molecule has 4 aliphatic rings. The quantitative estimate of drug-likeness (QED) is 0.622. The highest BCUT2D eigenvalue weighted by atomic mass is 16.6. The van der Waals surface area contributed by atoms with Crippen LogP contribution in [0.1, 0.15) is 49.7 Å². The number of likely N-dealkylation sites (tertiary alicyclic amines) is 1.